The van der Waals surface area contributed by atoms with Crippen LogP contribution in [0.3, 0.4) is 0 Å². The third kappa shape index (κ3) is 1.97. The number of halogens is 1. The number of fused-ring (bicyclic) bond motifs is 3. The van der Waals surface area contributed by atoms with Crippen LogP contribution < -0.4 is 4.52 Å². The first kappa shape index (κ1) is 14.0. The fourth-order valence-electron chi connectivity index (χ4n) is 2.48. The zero-order valence-corrected chi connectivity index (χ0v) is 11.4. The van der Waals surface area contributed by atoms with E-state index in [0.717, 1.165) is 10.9 Å². The fraction of sp³-hybridized carbons (Fsp3) is 0. The van der Waals surface area contributed by atoms with Gasteiger partial charge in [-0.25, -0.2) is 4.39 Å². The lowest BCUT2D eigenvalue weighted by Crippen LogP contribution is -2.25. The number of rotatable bonds is 1. The molecule has 110 valence electrons. The maximum Gasteiger partial charge on any atom is 0.359 e. The Labute approximate surface area is 124 Å². The summed E-state index contributed by atoms with van der Waals surface area (Å²) < 4.78 is 16.3. The molecule has 4 aromatic rings. The van der Waals surface area contributed by atoms with Crippen LogP contribution in [0.4, 0.5) is 4.39 Å². The molecule has 22 heavy (non-hydrogen) atoms. The number of para-hydroxylation sites is 1. The summed E-state index contributed by atoms with van der Waals surface area (Å²) in [4.78, 5) is 0. The van der Waals surface area contributed by atoms with Crippen molar-refractivity contribution >= 4 is 16.4 Å². The van der Waals surface area contributed by atoms with Crippen molar-refractivity contribution in [2.24, 2.45) is 0 Å². The van der Waals surface area contributed by atoms with E-state index in [1.807, 2.05) is 30.3 Å². The van der Waals surface area contributed by atoms with Crippen molar-refractivity contribution in [3.63, 3.8) is 0 Å². The highest BCUT2D eigenvalue weighted by Gasteiger charge is 2.22. The van der Waals surface area contributed by atoms with Crippen molar-refractivity contribution in [3.8, 4) is 11.6 Å². The average molecular weight is 297 g/mol. The Bertz CT molecular complexity index is 982. The standard InChI is InChI=1S/C16H10FN3O.H2O/c17-12-5-3-6-13(10-12)19-16(21)15-9-8-11-4-1-2-7-14(11)20(15)18-19;/h1-10H;1H2. The van der Waals surface area contributed by atoms with Gasteiger partial charge in [-0.3, -0.25) is 0 Å². The highest BCUT2D eigenvalue weighted by atomic mass is 19.1. The van der Waals surface area contributed by atoms with E-state index >= 15 is 0 Å². The van der Waals surface area contributed by atoms with Crippen molar-refractivity contribution in [3.05, 3.63) is 66.5 Å². The van der Waals surface area contributed by atoms with Crippen LogP contribution in [0.2, 0.25) is 0 Å². The van der Waals surface area contributed by atoms with Crippen LogP contribution in [0.25, 0.3) is 22.1 Å². The molecule has 2 aromatic carbocycles. The third-order valence-electron chi connectivity index (χ3n) is 3.48. The van der Waals surface area contributed by atoms with Gasteiger partial charge in [-0.2, -0.15) is 0 Å². The van der Waals surface area contributed by atoms with E-state index in [-0.39, 0.29) is 17.2 Å². The Morgan fingerprint density at radius 1 is 0.955 bits per heavy atom. The van der Waals surface area contributed by atoms with Crippen LogP contribution in [-0.2, 0) is 0 Å². The number of aromatic nitrogens is 3. The number of aromatic hydroxyl groups is 1. The quantitative estimate of drug-likeness (QED) is 0.548. The molecule has 0 atom stereocenters. The van der Waals surface area contributed by atoms with Gasteiger partial charge in [0.25, 0.3) is 0 Å². The summed E-state index contributed by atoms with van der Waals surface area (Å²) in [5.74, 6) is -0.396. The number of hydrogen-bond acceptors (Lipinski definition) is 3. The molecule has 0 aliphatic heterocycles. The van der Waals surface area contributed by atoms with Gasteiger partial charge in [0.2, 0.25) is 5.52 Å². The number of pyridine rings is 1. The molecule has 0 fully saturated rings. The van der Waals surface area contributed by atoms with Crippen LogP contribution in [0, 0.1) is 5.82 Å². The second kappa shape index (κ2) is 5.09. The monoisotopic (exact) mass is 297 g/mol. The summed E-state index contributed by atoms with van der Waals surface area (Å²) in [5.41, 5.74) is 1.92. The molecule has 4 rings (SSSR count). The molecule has 6 heteroatoms. The minimum Gasteiger partial charge on any atom is -0.870 e. The molecule has 0 radical (unpaired) electrons. The average Bonchev–Trinajstić information content (AvgIpc) is 2.85. The van der Waals surface area contributed by atoms with Crippen LogP contribution in [0.15, 0.2) is 60.7 Å². The molecule has 0 unspecified atom stereocenters. The van der Waals surface area contributed by atoms with E-state index in [4.69, 9.17) is 0 Å². The van der Waals surface area contributed by atoms with Gasteiger partial charge in [-0.15, -0.1) is 0 Å². The first-order chi connectivity index (χ1) is 10.2. The Morgan fingerprint density at radius 3 is 2.59 bits per heavy atom. The summed E-state index contributed by atoms with van der Waals surface area (Å²) in [6, 6.07) is 17.4. The van der Waals surface area contributed by atoms with Crippen LogP contribution in [0.1, 0.15) is 0 Å². The van der Waals surface area contributed by atoms with E-state index < -0.39 is 0 Å². The second-order valence-electron chi connectivity index (χ2n) is 4.79. The van der Waals surface area contributed by atoms with Gasteiger partial charge < -0.3 is 10.6 Å². The van der Waals surface area contributed by atoms with Crippen LogP contribution >= 0.6 is 0 Å². The molecule has 2 heterocycles. The Balaban J connectivity index is 0.00000144. The van der Waals surface area contributed by atoms with E-state index in [2.05, 4.69) is 5.21 Å². The molecule has 5 nitrogen and oxygen atoms in total. The molecule has 0 aliphatic carbocycles. The topological polar surface area (TPSA) is 72.2 Å². The molecule has 2 aromatic heterocycles. The van der Waals surface area contributed by atoms with Crippen molar-refractivity contribution in [1.29, 1.82) is 0 Å². The Kier molecular flexibility index (Phi) is 3.23. The second-order valence-corrected chi connectivity index (χ2v) is 4.79. The smallest absolute Gasteiger partial charge is 0.359 e. The normalized spacial score (nSPS) is 10.8. The van der Waals surface area contributed by atoms with E-state index in [9.17, 15) is 9.50 Å². The van der Waals surface area contributed by atoms with Crippen molar-refractivity contribution in [2.45, 2.75) is 0 Å². The maximum absolute atomic E-state index is 13.4. The molecule has 0 bridgehead atoms. The molecule has 2 N–H and O–H groups in total. The van der Waals surface area contributed by atoms with E-state index in [0.29, 0.717) is 11.2 Å². The first-order valence-electron chi connectivity index (χ1n) is 6.52. The SMILES string of the molecule is Oc1c2ccc3ccccc3[n+]2nn1-c1cccc(F)c1.[OH-]. The Morgan fingerprint density at radius 2 is 1.77 bits per heavy atom. The number of benzene rings is 2. The van der Waals surface area contributed by atoms with Gasteiger partial charge in [0.15, 0.2) is 11.2 Å². The zero-order chi connectivity index (χ0) is 14.4. The third-order valence-corrected chi connectivity index (χ3v) is 3.48. The van der Waals surface area contributed by atoms with Gasteiger partial charge >= 0.3 is 5.88 Å². The van der Waals surface area contributed by atoms with Crippen molar-refractivity contribution in [1.82, 2.24) is 9.90 Å². The zero-order valence-electron chi connectivity index (χ0n) is 11.4. The minimum atomic E-state index is -0.374. The highest BCUT2D eigenvalue weighted by molar-refractivity contribution is 5.77. The van der Waals surface area contributed by atoms with Gasteiger partial charge in [-0.05, 0) is 30.3 Å². The lowest BCUT2D eigenvalue weighted by Gasteiger charge is -1.93. The first-order valence-corrected chi connectivity index (χ1v) is 6.52. The maximum atomic E-state index is 13.4. The van der Waals surface area contributed by atoms with Gasteiger partial charge in [-0.1, -0.05) is 33.5 Å². The summed E-state index contributed by atoms with van der Waals surface area (Å²) >= 11 is 0. The number of hydrogen-bond donors (Lipinski definition) is 1. The summed E-state index contributed by atoms with van der Waals surface area (Å²) in [5, 5.41) is 15.7. The summed E-state index contributed by atoms with van der Waals surface area (Å²) in [7, 11) is 0. The molecular formula is C16H12FN3O2. The predicted octanol–water partition coefficient (Wildman–Crippen LogP) is 2.43. The largest absolute Gasteiger partial charge is 0.870 e. The Hall–Kier alpha value is -2.99. The molecule has 0 saturated heterocycles. The molecular weight excluding hydrogens is 285 g/mol. The molecule has 0 aliphatic rings. The molecule has 0 spiro atoms. The van der Waals surface area contributed by atoms with Crippen molar-refractivity contribution in [2.75, 3.05) is 0 Å². The van der Waals surface area contributed by atoms with E-state index in [1.165, 1.54) is 16.8 Å². The van der Waals surface area contributed by atoms with Gasteiger partial charge in [0.05, 0.1) is 0 Å². The van der Waals surface area contributed by atoms with Crippen LogP contribution in [-0.4, -0.2) is 20.5 Å². The lowest BCUT2D eigenvalue weighted by molar-refractivity contribution is -0.555. The molecule has 0 amide bonds. The predicted molar refractivity (Wildman–Crippen MR) is 77.8 cm³/mol. The van der Waals surface area contributed by atoms with Crippen molar-refractivity contribution < 1.29 is 19.5 Å². The highest BCUT2D eigenvalue weighted by Crippen LogP contribution is 2.22. The molecule has 0 saturated carbocycles. The van der Waals surface area contributed by atoms with Gasteiger partial charge in [0.1, 0.15) is 11.0 Å². The minimum absolute atomic E-state index is 0. The lowest BCUT2D eigenvalue weighted by atomic mass is 10.2. The van der Waals surface area contributed by atoms with Gasteiger partial charge in [0, 0.05) is 11.5 Å². The van der Waals surface area contributed by atoms with Crippen LogP contribution in [0.5, 0.6) is 5.88 Å². The number of nitrogens with zero attached hydrogens (tertiary/aromatic N) is 3. The summed E-state index contributed by atoms with van der Waals surface area (Å²) in [6.07, 6.45) is 0. The van der Waals surface area contributed by atoms with E-state index in [1.54, 1.807) is 22.7 Å². The summed E-state index contributed by atoms with van der Waals surface area (Å²) in [6.45, 7) is 0. The fourth-order valence-corrected chi connectivity index (χ4v) is 2.48.